The van der Waals surface area contributed by atoms with Crippen molar-refractivity contribution in [2.24, 2.45) is 0 Å². The van der Waals surface area contributed by atoms with Gasteiger partial charge in [0.15, 0.2) is 0 Å². The molecule has 28 heavy (non-hydrogen) atoms. The number of ether oxygens (including phenoxy) is 1. The number of carbonyl (C=O) groups excluding carboxylic acids is 2. The highest BCUT2D eigenvalue weighted by Crippen LogP contribution is 2.18. The number of rotatable bonds is 7. The number of anilines is 1. The molecule has 0 saturated carbocycles. The second-order valence-corrected chi connectivity index (χ2v) is 5.94. The minimum absolute atomic E-state index is 0.112. The topological polar surface area (TPSA) is 81.4 Å². The van der Waals surface area contributed by atoms with Gasteiger partial charge in [0.2, 0.25) is 11.8 Å². The molecule has 0 spiro atoms. The van der Waals surface area contributed by atoms with Crippen LogP contribution >= 0.6 is 0 Å². The fourth-order valence-electron chi connectivity index (χ4n) is 2.50. The zero-order chi connectivity index (χ0) is 19.8. The number of oxazole rings is 1. The predicted molar refractivity (Wildman–Crippen MR) is 106 cm³/mol. The first-order valence-electron chi connectivity index (χ1n) is 8.88. The van der Waals surface area contributed by atoms with E-state index in [4.69, 9.17) is 9.15 Å². The molecule has 0 aliphatic carbocycles. The Bertz CT molecular complexity index is 960. The van der Waals surface area contributed by atoms with E-state index in [1.165, 1.54) is 12.3 Å². The zero-order valence-corrected chi connectivity index (χ0v) is 15.4. The highest BCUT2D eigenvalue weighted by Gasteiger charge is 2.10. The minimum Gasteiger partial charge on any atom is -0.463 e. The summed E-state index contributed by atoms with van der Waals surface area (Å²) in [6, 6.07) is 16.6. The van der Waals surface area contributed by atoms with E-state index in [9.17, 15) is 9.59 Å². The SMILES string of the molecule is CCOC(=O)/C=C/c1ccc(NC(=O)Cc2coc(-c3ccccc3)n2)cc1. The number of carbonyl (C=O) groups is 2. The Labute approximate surface area is 162 Å². The maximum Gasteiger partial charge on any atom is 0.330 e. The summed E-state index contributed by atoms with van der Waals surface area (Å²) in [5, 5.41) is 2.82. The van der Waals surface area contributed by atoms with Crippen molar-refractivity contribution < 1.29 is 18.7 Å². The zero-order valence-electron chi connectivity index (χ0n) is 15.4. The van der Waals surface area contributed by atoms with Gasteiger partial charge in [-0.25, -0.2) is 9.78 Å². The minimum atomic E-state index is -0.387. The summed E-state index contributed by atoms with van der Waals surface area (Å²) in [6.07, 6.45) is 4.63. The first kappa shape index (κ1) is 19.1. The normalized spacial score (nSPS) is 10.8. The molecule has 0 radical (unpaired) electrons. The standard InChI is InChI=1S/C22H20N2O4/c1-2-27-21(26)13-10-16-8-11-18(12-9-16)23-20(25)14-19-15-28-22(24-19)17-6-4-3-5-7-17/h3-13,15H,2,14H2,1H3,(H,23,25)/b13-10+. The molecule has 0 atom stereocenters. The number of aromatic nitrogens is 1. The van der Waals surface area contributed by atoms with Crippen molar-refractivity contribution in [1.82, 2.24) is 4.98 Å². The Kier molecular flexibility index (Phi) is 6.36. The van der Waals surface area contributed by atoms with Gasteiger partial charge < -0.3 is 14.5 Å². The van der Waals surface area contributed by atoms with Gasteiger partial charge in [0.1, 0.15) is 6.26 Å². The Hall–Kier alpha value is -3.67. The largest absolute Gasteiger partial charge is 0.463 e. The number of benzene rings is 2. The third kappa shape index (κ3) is 5.41. The van der Waals surface area contributed by atoms with Gasteiger partial charge in [-0.15, -0.1) is 0 Å². The van der Waals surface area contributed by atoms with Crippen LogP contribution in [0, 0.1) is 0 Å². The van der Waals surface area contributed by atoms with E-state index in [1.807, 2.05) is 30.3 Å². The second-order valence-electron chi connectivity index (χ2n) is 5.94. The molecule has 142 valence electrons. The molecule has 3 aromatic rings. The van der Waals surface area contributed by atoms with Gasteiger partial charge in [-0.1, -0.05) is 30.3 Å². The Balaban J connectivity index is 1.55. The van der Waals surface area contributed by atoms with Crippen molar-refractivity contribution in [3.63, 3.8) is 0 Å². The lowest BCUT2D eigenvalue weighted by Crippen LogP contribution is -2.14. The molecule has 1 aromatic heterocycles. The van der Waals surface area contributed by atoms with Gasteiger partial charge in [-0.3, -0.25) is 4.79 Å². The lowest BCUT2D eigenvalue weighted by atomic mass is 10.2. The molecule has 1 heterocycles. The van der Waals surface area contributed by atoms with Gasteiger partial charge >= 0.3 is 5.97 Å². The van der Waals surface area contributed by atoms with Crippen molar-refractivity contribution >= 4 is 23.6 Å². The Morgan fingerprint density at radius 3 is 2.57 bits per heavy atom. The third-order valence-electron chi connectivity index (χ3n) is 3.81. The Morgan fingerprint density at radius 2 is 1.86 bits per heavy atom. The lowest BCUT2D eigenvalue weighted by molar-refractivity contribution is -0.137. The second kappa shape index (κ2) is 9.32. The summed E-state index contributed by atoms with van der Waals surface area (Å²) >= 11 is 0. The summed E-state index contributed by atoms with van der Waals surface area (Å²) < 4.78 is 10.3. The van der Waals surface area contributed by atoms with E-state index in [1.54, 1.807) is 37.3 Å². The first-order valence-corrected chi connectivity index (χ1v) is 8.88. The van der Waals surface area contributed by atoms with Gasteiger partial charge in [-0.05, 0) is 42.8 Å². The van der Waals surface area contributed by atoms with Crippen LogP contribution in [0.3, 0.4) is 0 Å². The molecule has 0 saturated heterocycles. The molecule has 0 aliphatic heterocycles. The third-order valence-corrected chi connectivity index (χ3v) is 3.81. The molecule has 1 N–H and O–H groups in total. The van der Waals surface area contributed by atoms with Crippen LogP contribution in [0.15, 0.2) is 71.4 Å². The number of amides is 1. The van der Waals surface area contributed by atoms with Crippen LogP contribution in [-0.2, 0) is 20.7 Å². The van der Waals surface area contributed by atoms with Gasteiger partial charge in [-0.2, -0.15) is 0 Å². The number of hydrogen-bond acceptors (Lipinski definition) is 5. The van der Waals surface area contributed by atoms with Crippen molar-refractivity contribution in [3.05, 3.63) is 78.2 Å². The summed E-state index contributed by atoms with van der Waals surface area (Å²) in [5.74, 6) is -0.0915. The van der Waals surface area contributed by atoms with Crippen LogP contribution in [-0.4, -0.2) is 23.5 Å². The maximum absolute atomic E-state index is 12.2. The maximum atomic E-state index is 12.2. The molecule has 0 fully saturated rings. The highest BCUT2D eigenvalue weighted by atomic mass is 16.5. The summed E-state index contributed by atoms with van der Waals surface area (Å²) in [7, 11) is 0. The van der Waals surface area contributed by atoms with Crippen LogP contribution in [0.4, 0.5) is 5.69 Å². The van der Waals surface area contributed by atoms with Crippen molar-refractivity contribution in [2.75, 3.05) is 11.9 Å². The highest BCUT2D eigenvalue weighted by molar-refractivity contribution is 5.92. The molecule has 6 nitrogen and oxygen atoms in total. The van der Waals surface area contributed by atoms with Crippen LogP contribution in [0.5, 0.6) is 0 Å². The molecule has 0 bridgehead atoms. The van der Waals surface area contributed by atoms with Crippen LogP contribution in [0.2, 0.25) is 0 Å². The number of hydrogen-bond donors (Lipinski definition) is 1. The molecule has 2 aromatic carbocycles. The van der Waals surface area contributed by atoms with E-state index in [0.717, 1.165) is 11.1 Å². The number of nitrogens with one attached hydrogen (secondary N) is 1. The van der Waals surface area contributed by atoms with E-state index >= 15 is 0 Å². The number of esters is 1. The first-order chi connectivity index (χ1) is 13.6. The van der Waals surface area contributed by atoms with Crippen LogP contribution in [0.25, 0.3) is 17.5 Å². The predicted octanol–water partition coefficient (Wildman–Crippen LogP) is 4.10. The van der Waals surface area contributed by atoms with Gasteiger partial charge in [0.25, 0.3) is 0 Å². The smallest absolute Gasteiger partial charge is 0.330 e. The summed E-state index contributed by atoms with van der Waals surface area (Å²) in [4.78, 5) is 27.9. The van der Waals surface area contributed by atoms with E-state index < -0.39 is 0 Å². The molecule has 0 aliphatic rings. The summed E-state index contributed by atoms with van der Waals surface area (Å²) in [5.41, 5.74) is 2.91. The van der Waals surface area contributed by atoms with Crippen LogP contribution < -0.4 is 5.32 Å². The van der Waals surface area contributed by atoms with Crippen LogP contribution in [0.1, 0.15) is 18.2 Å². The average Bonchev–Trinajstić information content (AvgIpc) is 3.17. The van der Waals surface area contributed by atoms with Crippen molar-refractivity contribution in [1.29, 1.82) is 0 Å². The Morgan fingerprint density at radius 1 is 1.11 bits per heavy atom. The molecule has 3 rings (SSSR count). The lowest BCUT2D eigenvalue weighted by Gasteiger charge is -2.04. The molecule has 0 unspecified atom stereocenters. The van der Waals surface area contributed by atoms with Crippen molar-refractivity contribution in [2.45, 2.75) is 13.3 Å². The molecule has 6 heteroatoms. The van der Waals surface area contributed by atoms with Gasteiger partial charge in [0, 0.05) is 17.3 Å². The van der Waals surface area contributed by atoms with Crippen molar-refractivity contribution in [3.8, 4) is 11.5 Å². The average molecular weight is 376 g/mol. The van der Waals surface area contributed by atoms with E-state index in [2.05, 4.69) is 10.3 Å². The van der Waals surface area contributed by atoms with E-state index in [0.29, 0.717) is 23.9 Å². The quantitative estimate of drug-likeness (QED) is 0.496. The monoisotopic (exact) mass is 376 g/mol. The fraction of sp³-hybridized carbons (Fsp3) is 0.136. The van der Waals surface area contributed by atoms with Gasteiger partial charge in [0.05, 0.1) is 18.7 Å². The number of nitrogens with zero attached hydrogens (tertiary/aromatic N) is 1. The molecule has 1 amide bonds. The van der Waals surface area contributed by atoms with E-state index in [-0.39, 0.29) is 18.3 Å². The summed E-state index contributed by atoms with van der Waals surface area (Å²) in [6.45, 7) is 2.09. The fourth-order valence-corrected chi connectivity index (χ4v) is 2.50. The molecular formula is C22H20N2O4. The molecular weight excluding hydrogens is 356 g/mol.